The summed E-state index contributed by atoms with van der Waals surface area (Å²) in [6.07, 6.45) is 1.74. The lowest BCUT2D eigenvalue weighted by atomic mass is 9.82. The van der Waals surface area contributed by atoms with Crippen LogP contribution in [0.3, 0.4) is 0 Å². The van der Waals surface area contributed by atoms with E-state index < -0.39 is 14.6 Å². The van der Waals surface area contributed by atoms with Crippen molar-refractivity contribution in [1.29, 1.82) is 0 Å². The van der Waals surface area contributed by atoms with E-state index in [1.54, 1.807) is 20.8 Å². The molecule has 0 aromatic carbocycles. The second kappa shape index (κ2) is 3.24. The van der Waals surface area contributed by atoms with Crippen molar-refractivity contribution in [3.8, 4) is 0 Å². The molecule has 1 fully saturated rings. The molecule has 0 unspecified atom stereocenters. The normalized spacial score (nSPS) is 29.8. The summed E-state index contributed by atoms with van der Waals surface area (Å²) in [5, 5.41) is 0. The fourth-order valence-electron chi connectivity index (χ4n) is 1.48. The Morgan fingerprint density at radius 1 is 1.31 bits per heavy atom. The van der Waals surface area contributed by atoms with Gasteiger partial charge in [-0.05, 0) is 39.5 Å². The van der Waals surface area contributed by atoms with Crippen molar-refractivity contribution in [2.45, 2.75) is 44.4 Å². The third-order valence-electron chi connectivity index (χ3n) is 2.66. The van der Waals surface area contributed by atoms with Gasteiger partial charge in [0, 0.05) is 6.04 Å². The van der Waals surface area contributed by atoms with E-state index in [0.717, 1.165) is 12.8 Å². The molecule has 1 rings (SSSR count). The zero-order chi connectivity index (χ0) is 10.3. The molecular weight excluding hydrogens is 186 g/mol. The minimum Gasteiger partial charge on any atom is -0.328 e. The van der Waals surface area contributed by atoms with Gasteiger partial charge in [0.05, 0.1) is 10.5 Å². The highest BCUT2D eigenvalue weighted by molar-refractivity contribution is 7.92. The highest BCUT2D eigenvalue weighted by Gasteiger charge is 2.36. The molecule has 3 nitrogen and oxygen atoms in total. The molecule has 1 saturated carbocycles. The van der Waals surface area contributed by atoms with Crippen molar-refractivity contribution in [3.63, 3.8) is 0 Å². The van der Waals surface area contributed by atoms with Crippen LogP contribution in [0.15, 0.2) is 0 Å². The molecule has 0 atom stereocenters. The molecule has 0 amide bonds. The van der Waals surface area contributed by atoms with Gasteiger partial charge in [-0.1, -0.05) is 0 Å². The van der Waals surface area contributed by atoms with Crippen LogP contribution < -0.4 is 5.73 Å². The molecule has 78 valence electrons. The van der Waals surface area contributed by atoms with Gasteiger partial charge in [0.25, 0.3) is 0 Å². The van der Waals surface area contributed by atoms with Crippen LogP contribution in [-0.4, -0.2) is 25.0 Å². The largest absolute Gasteiger partial charge is 0.328 e. The maximum Gasteiger partial charge on any atom is 0.155 e. The Hall–Kier alpha value is -0.0900. The SMILES string of the molecule is CC(C)(C)S(=O)(=O)CC1CC(N)C1. The van der Waals surface area contributed by atoms with Gasteiger partial charge >= 0.3 is 0 Å². The van der Waals surface area contributed by atoms with E-state index in [1.165, 1.54) is 0 Å². The minimum atomic E-state index is -2.94. The Morgan fingerprint density at radius 2 is 1.77 bits per heavy atom. The van der Waals surface area contributed by atoms with Crippen LogP contribution in [-0.2, 0) is 9.84 Å². The van der Waals surface area contributed by atoms with Gasteiger partial charge in [0.1, 0.15) is 0 Å². The average molecular weight is 205 g/mol. The molecule has 1 aliphatic rings. The first-order chi connectivity index (χ1) is 5.72. The summed E-state index contributed by atoms with van der Waals surface area (Å²) >= 11 is 0. The number of rotatable bonds is 2. The second-order valence-electron chi connectivity index (χ2n) is 4.99. The summed E-state index contributed by atoms with van der Waals surface area (Å²) in [5.41, 5.74) is 5.60. The topological polar surface area (TPSA) is 60.2 Å². The Bertz CT molecular complexity index is 270. The van der Waals surface area contributed by atoms with E-state index in [9.17, 15) is 8.42 Å². The van der Waals surface area contributed by atoms with Crippen molar-refractivity contribution in [2.75, 3.05) is 5.75 Å². The first-order valence-corrected chi connectivity index (χ1v) is 6.35. The zero-order valence-corrected chi connectivity index (χ0v) is 9.39. The second-order valence-corrected chi connectivity index (χ2v) is 7.78. The molecule has 2 N–H and O–H groups in total. The fourth-order valence-corrected chi connectivity index (χ4v) is 2.88. The van der Waals surface area contributed by atoms with Gasteiger partial charge < -0.3 is 5.73 Å². The van der Waals surface area contributed by atoms with E-state index in [4.69, 9.17) is 5.73 Å². The zero-order valence-electron chi connectivity index (χ0n) is 8.58. The van der Waals surface area contributed by atoms with Crippen LogP contribution in [0.4, 0.5) is 0 Å². The van der Waals surface area contributed by atoms with Gasteiger partial charge in [-0.3, -0.25) is 0 Å². The third-order valence-corrected chi connectivity index (χ3v) is 5.44. The first kappa shape index (κ1) is 11.0. The number of nitrogens with two attached hydrogens (primary N) is 1. The Kier molecular flexibility index (Phi) is 2.74. The molecule has 0 spiro atoms. The fraction of sp³-hybridized carbons (Fsp3) is 1.00. The Morgan fingerprint density at radius 3 is 2.08 bits per heavy atom. The smallest absolute Gasteiger partial charge is 0.155 e. The Balaban J connectivity index is 2.54. The lowest BCUT2D eigenvalue weighted by molar-refractivity contribution is 0.290. The molecule has 0 aromatic heterocycles. The number of hydrogen-bond donors (Lipinski definition) is 1. The predicted octanol–water partition coefficient (Wildman–Crippen LogP) is 0.937. The summed E-state index contributed by atoms with van der Waals surface area (Å²) < 4.78 is 22.8. The van der Waals surface area contributed by atoms with Gasteiger partial charge in [0.15, 0.2) is 9.84 Å². The first-order valence-electron chi connectivity index (χ1n) is 4.70. The standard InChI is InChI=1S/C9H19NO2S/c1-9(2,3)13(11,12)6-7-4-8(10)5-7/h7-8H,4-6,10H2,1-3H3. The van der Waals surface area contributed by atoms with E-state index >= 15 is 0 Å². The van der Waals surface area contributed by atoms with E-state index in [-0.39, 0.29) is 6.04 Å². The maximum atomic E-state index is 11.7. The van der Waals surface area contributed by atoms with Crippen LogP contribution in [0.5, 0.6) is 0 Å². The molecular formula is C9H19NO2S. The quantitative estimate of drug-likeness (QED) is 0.729. The summed E-state index contributed by atoms with van der Waals surface area (Å²) in [6.45, 7) is 5.25. The highest BCUT2D eigenvalue weighted by Crippen LogP contribution is 2.30. The van der Waals surface area contributed by atoms with Gasteiger partial charge in [-0.2, -0.15) is 0 Å². The summed E-state index contributed by atoms with van der Waals surface area (Å²) in [6, 6.07) is 0.236. The van der Waals surface area contributed by atoms with Crippen molar-refractivity contribution < 1.29 is 8.42 Å². The number of sulfone groups is 1. The summed E-state index contributed by atoms with van der Waals surface area (Å²) in [4.78, 5) is 0. The van der Waals surface area contributed by atoms with Crippen LogP contribution in [0.1, 0.15) is 33.6 Å². The maximum absolute atomic E-state index is 11.7. The van der Waals surface area contributed by atoms with Gasteiger partial charge in [-0.25, -0.2) is 8.42 Å². The van der Waals surface area contributed by atoms with Crippen LogP contribution >= 0.6 is 0 Å². The minimum absolute atomic E-state index is 0.236. The lowest BCUT2D eigenvalue weighted by Crippen LogP contribution is -2.42. The molecule has 0 bridgehead atoms. The highest BCUT2D eigenvalue weighted by atomic mass is 32.2. The predicted molar refractivity (Wildman–Crippen MR) is 54.2 cm³/mol. The summed E-state index contributed by atoms with van der Waals surface area (Å²) in [7, 11) is -2.94. The van der Waals surface area contributed by atoms with Crippen molar-refractivity contribution in [3.05, 3.63) is 0 Å². The summed E-state index contributed by atoms with van der Waals surface area (Å²) in [5.74, 6) is 0.615. The van der Waals surface area contributed by atoms with Crippen molar-refractivity contribution in [2.24, 2.45) is 11.7 Å². The molecule has 0 radical (unpaired) electrons. The number of hydrogen-bond acceptors (Lipinski definition) is 3. The van der Waals surface area contributed by atoms with Crippen LogP contribution in [0, 0.1) is 5.92 Å². The molecule has 13 heavy (non-hydrogen) atoms. The van der Waals surface area contributed by atoms with E-state index in [2.05, 4.69) is 0 Å². The molecule has 0 aromatic rings. The molecule has 1 aliphatic carbocycles. The van der Waals surface area contributed by atoms with Crippen molar-refractivity contribution in [1.82, 2.24) is 0 Å². The van der Waals surface area contributed by atoms with Gasteiger partial charge in [-0.15, -0.1) is 0 Å². The Labute approximate surface area is 80.6 Å². The van der Waals surface area contributed by atoms with Crippen LogP contribution in [0.25, 0.3) is 0 Å². The van der Waals surface area contributed by atoms with E-state index in [1.807, 2.05) is 0 Å². The third kappa shape index (κ3) is 2.44. The average Bonchev–Trinajstić information content (AvgIpc) is 1.80. The molecule has 0 heterocycles. The lowest BCUT2D eigenvalue weighted by Gasteiger charge is -2.34. The molecule has 0 saturated heterocycles. The molecule has 0 aliphatic heterocycles. The van der Waals surface area contributed by atoms with Gasteiger partial charge in [0.2, 0.25) is 0 Å². The monoisotopic (exact) mass is 205 g/mol. The van der Waals surface area contributed by atoms with Crippen LogP contribution in [0.2, 0.25) is 0 Å². The molecule has 4 heteroatoms. The van der Waals surface area contributed by atoms with E-state index in [0.29, 0.717) is 11.7 Å². The van der Waals surface area contributed by atoms with Crippen molar-refractivity contribution >= 4 is 9.84 Å².